The number of anilines is 1. The normalized spacial score (nSPS) is 17.5. The second-order valence-corrected chi connectivity index (χ2v) is 7.17. The van der Waals surface area contributed by atoms with Gasteiger partial charge in [-0.25, -0.2) is 13.4 Å². The molecule has 23 heavy (non-hydrogen) atoms. The number of rotatable bonds is 5. The lowest BCUT2D eigenvalue weighted by molar-refractivity contribution is -0.122. The molecule has 1 atom stereocenters. The van der Waals surface area contributed by atoms with Crippen LogP contribution in [0.25, 0.3) is 0 Å². The Morgan fingerprint density at radius 2 is 2.13 bits per heavy atom. The number of hydrogen-bond acceptors (Lipinski definition) is 5. The molecule has 1 fully saturated rings. The summed E-state index contributed by atoms with van der Waals surface area (Å²) in [6, 6.07) is 4.19. The summed E-state index contributed by atoms with van der Waals surface area (Å²) in [6.45, 7) is 2.80. The molecule has 1 aliphatic rings. The zero-order chi connectivity index (χ0) is 17.0. The maximum absolute atomic E-state index is 12.2. The highest BCUT2D eigenvalue weighted by Crippen LogP contribution is 2.22. The van der Waals surface area contributed by atoms with Crippen LogP contribution in [0.4, 0.5) is 5.82 Å². The van der Waals surface area contributed by atoms with Crippen LogP contribution in [0.3, 0.4) is 0 Å². The zero-order valence-corrected chi connectivity index (χ0v) is 13.7. The first-order valence-electron chi connectivity index (χ1n) is 7.33. The van der Waals surface area contributed by atoms with Crippen molar-refractivity contribution in [3.63, 3.8) is 0 Å². The van der Waals surface area contributed by atoms with Gasteiger partial charge < -0.3 is 10.6 Å². The number of primary amides is 1. The average Bonchev–Trinajstić information content (AvgIpc) is 2.54. The lowest BCUT2D eigenvalue weighted by Crippen LogP contribution is -2.39. The van der Waals surface area contributed by atoms with Crippen molar-refractivity contribution in [3.05, 3.63) is 18.2 Å². The molecule has 0 radical (unpaired) electrons. The molecule has 1 aromatic rings. The quantitative estimate of drug-likeness (QED) is 0.741. The summed E-state index contributed by atoms with van der Waals surface area (Å²) >= 11 is 0. The van der Waals surface area contributed by atoms with Crippen molar-refractivity contribution in [1.29, 1.82) is 0 Å². The van der Waals surface area contributed by atoms with E-state index in [4.69, 9.17) is 12.2 Å². The van der Waals surface area contributed by atoms with Gasteiger partial charge in [0.2, 0.25) is 5.91 Å². The van der Waals surface area contributed by atoms with Crippen molar-refractivity contribution >= 4 is 21.7 Å². The van der Waals surface area contributed by atoms with Crippen molar-refractivity contribution < 1.29 is 13.2 Å². The largest absolute Gasteiger partial charge is 0.369 e. The fourth-order valence-electron chi connectivity index (χ4n) is 2.45. The molecule has 1 aromatic heterocycles. The molecular weight excluding hydrogens is 316 g/mol. The van der Waals surface area contributed by atoms with E-state index in [0.29, 0.717) is 31.7 Å². The van der Waals surface area contributed by atoms with E-state index in [1.165, 1.54) is 6.07 Å². The van der Waals surface area contributed by atoms with Crippen LogP contribution in [0.1, 0.15) is 19.8 Å². The van der Waals surface area contributed by atoms with Gasteiger partial charge in [0.1, 0.15) is 5.82 Å². The number of nitrogens with zero attached hydrogens (tertiary/aromatic N) is 2. The lowest BCUT2D eigenvalue weighted by Gasteiger charge is -2.31. The molecule has 0 aliphatic carbocycles. The summed E-state index contributed by atoms with van der Waals surface area (Å²) in [5.41, 5.74) is 5.32. The Hall–Kier alpha value is -2.11. The molecule has 0 aromatic carbocycles. The molecule has 2 rings (SSSR count). The number of nitrogens with one attached hydrogen (secondary N) is 1. The maximum atomic E-state index is 12.2. The number of carbonyl (C=O) groups excluding carboxylic acids is 1. The molecule has 7 nitrogen and oxygen atoms in total. The highest BCUT2D eigenvalue weighted by atomic mass is 32.2. The van der Waals surface area contributed by atoms with Crippen molar-refractivity contribution in [2.45, 2.75) is 30.8 Å². The molecule has 1 unspecified atom stereocenters. The number of amides is 1. The molecular formula is C15H20N4O3S. The summed E-state index contributed by atoms with van der Waals surface area (Å²) in [7, 11) is -3.76. The van der Waals surface area contributed by atoms with Crippen LogP contribution in [0.5, 0.6) is 0 Å². The van der Waals surface area contributed by atoms with Crippen molar-refractivity contribution in [3.8, 4) is 12.3 Å². The number of terminal acetylenes is 1. The van der Waals surface area contributed by atoms with Crippen LogP contribution in [0, 0.1) is 18.3 Å². The summed E-state index contributed by atoms with van der Waals surface area (Å²) in [4.78, 5) is 17.4. The van der Waals surface area contributed by atoms with Gasteiger partial charge in [0.05, 0.1) is 6.04 Å². The second kappa shape index (κ2) is 6.98. The minimum absolute atomic E-state index is 0.0749. The van der Waals surface area contributed by atoms with Crippen molar-refractivity contribution in [1.82, 2.24) is 9.71 Å². The van der Waals surface area contributed by atoms with Crippen LogP contribution < -0.4 is 15.4 Å². The number of sulfonamides is 1. The van der Waals surface area contributed by atoms with Gasteiger partial charge in [-0.05, 0) is 31.9 Å². The van der Waals surface area contributed by atoms with E-state index in [1.807, 2.05) is 4.90 Å². The first-order chi connectivity index (χ1) is 10.8. The molecule has 0 bridgehead atoms. The third-order valence-corrected chi connectivity index (χ3v) is 5.23. The molecule has 1 amide bonds. The van der Waals surface area contributed by atoms with E-state index in [-0.39, 0.29) is 16.9 Å². The number of nitrogens with two attached hydrogens (primary N) is 1. The van der Waals surface area contributed by atoms with Gasteiger partial charge in [0, 0.05) is 19.0 Å². The smallest absolute Gasteiger partial charge is 0.259 e. The predicted octanol–water partition coefficient (Wildman–Crippen LogP) is 0.0833. The Morgan fingerprint density at radius 1 is 1.48 bits per heavy atom. The highest BCUT2D eigenvalue weighted by molar-refractivity contribution is 7.89. The Balaban J connectivity index is 2.15. The van der Waals surface area contributed by atoms with Crippen LogP contribution in [0.2, 0.25) is 0 Å². The van der Waals surface area contributed by atoms with E-state index in [2.05, 4.69) is 15.6 Å². The Kier molecular flexibility index (Phi) is 5.23. The average molecular weight is 336 g/mol. The molecule has 0 saturated carbocycles. The summed E-state index contributed by atoms with van der Waals surface area (Å²) < 4.78 is 26.8. The number of hydrogen-bond donors (Lipinski definition) is 2. The number of pyridine rings is 1. The van der Waals surface area contributed by atoms with Crippen LogP contribution >= 0.6 is 0 Å². The van der Waals surface area contributed by atoms with Crippen molar-refractivity contribution in [2.75, 3.05) is 18.0 Å². The topological polar surface area (TPSA) is 105 Å². The molecule has 1 aliphatic heterocycles. The van der Waals surface area contributed by atoms with Gasteiger partial charge in [-0.2, -0.15) is 4.72 Å². The van der Waals surface area contributed by atoms with E-state index in [9.17, 15) is 13.2 Å². The number of aromatic nitrogens is 1. The molecule has 8 heteroatoms. The Morgan fingerprint density at radius 3 is 2.70 bits per heavy atom. The standard InChI is InChI=1S/C15H20N4O3S/c1-3-11(2)18-23(21,22)14-6-4-5-13(17-14)19-9-7-12(8-10-19)15(16)20/h1,4-6,11-12,18H,7-10H2,2H3,(H2,16,20). The zero-order valence-electron chi connectivity index (χ0n) is 12.9. The first-order valence-corrected chi connectivity index (χ1v) is 8.81. The monoisotopic (exact) mass is 336 g/mol. The van der Waals surface area contributed by atoms with Gasteiger partial charge in [-0.15, -0.1) is 6.42 Å². The SMILES string of the molecule is C#CC(C)NS(=O)(=O)c1cccc(N2CCC(C(N)=O)CC2)n1. The third-order valence-electron chi connectivity index (χ3n) is 3.79. The first kappa shape index (κ1) is 17.2. The van der Waals surface area contributed by atoms with Crippen molar-refractivity contribution in [2.24, 2.45) is 11.7 Å². The van der Waals surface area contributed by atoms with E-state index in [0.717, 1.165) is 0 Å². The van der Waals surface area contributed by atoms with E-state index >= 15 is 0 Å². The Labute approximate surface area is 136 Å². The maximum Gasteiger partial charge on any atom is 0.259 e. The Bertz CT molecular complexity index is 718. The summed E-state index contributed by atoms with van der Waals surface area (Å²) in [5, 5.41) is -0.0749. The van der Waals surface area contributed by atoms with E-state index < -0.39 is 16.1 Å². The van der Waals surface area contributed by atoms with Gasteiger partial charge in [0.25, 0.3) is 10.0 Å². The molecule has 1 saturated heterocycles. The fourth-order valence-corrected chi connectivity index (χ4v) is 3.58. The minimum Gasteiger partial charge on any atom is -0.369 e. The molecule has 3 N–H and O–H groups in total. The summed E-state index contributed by atoms with van der Waals surface area (Å²) in [5.74, 6) is 2.45. The van der Waals surface area contributed by atoms with Gasteiger partial charge in [-0.1, -0.05) is 12.0 Å². The second-order valence-electron chi connectivity index (χ2n) is 5.51. The molecule has 124 valence electrons. The minimum atomic E-state index is -3.76. The third kappa shape index (κ3) is 4.21. The van der Waals surface area contributed by atoms with Gasteiger partial charge in [-0.3, -0.25) is 4.79 Å². The number of piperidine rings is 1. The van der Waals surface area contributed by atoms with E-state index in [1.54, 1.807) is 19.1 Å². The summed E-state index contributed by atoms with van der Waals surface area (Å²) in [6.07, 6.45) is 6.48. The van der Waals surface area contributed by atoms with Gasteiger partial charge in [0.15, 0.2) is 5.03 Å². The van der Waals surface area contributed by atoms with Crippen LogP contribution in [0.15, 0.2) is 23.2 Å². The number of carbonyl (C=O) groups is 1. The molecule has 0 spiro atoms. The highest BCUT2D eigenvalue weighted by Gasteiger charge is 2.25. The van der Waals surface area contributed by atoms with Gasteiger partial charge >= 0.3 is 0 Å². The predicted molar refractivity (Wildman–Crippen MR) is 87.0 cm³/mol. The fraction of sp³-hybridized carbons (Fsp3) is 0.467. The molecule has 2 heterocycles. The lowest BCUT2D eigenvalue weighted by atomic mass is 9.96. The van der Waals surface area contributed by atoms with Crippen LogP contribution in [-0.4, -0.2) is 38.4 Å². The van der Waals surface area contributed by atoms with Crippen LogP contribution in [-0.2, 0) is 14.8 Å².